The molecule has 0 atom stereocenters. The molecule has 2 saturated carbocycles. The number of hydrogen-bond donors (Lipinski definition) is 0. The maximum absolute atomic E-state index is 12.7. The number of aryl methyl sites for hydroxylation is 4. The van der Waals surface area contributed by atoms with Crippen molar-refractivity contribution >= 4 is 6.16 Å². The van der Waals surface area contributed by atoms with E-state index < -0.39 is 6.16 Å². The summed E-state index contributed by atoms with van der Waals surface area (Å²) >= 11 is 0. The van der Waals surface area contributed by atoms with Crippen LogP contribution in [0.1, 0.15) is 150 Å². The minimum absolute atomic E-state index is 0.00711. The lowest BCUT2D eigenvalue weighted by molar-refractivity contribution is -0.0215. The van der Waals surface area contributed by atoms with Gasteiger partial charge in [-0.05, 0) is 122 Å². The second-order valence-electron chi connectivity index (χ2n) is 12.5. The average Bonchev–Trinajstić information content (AvgIpc) is 2.95. The number of rotatable bonds is 12. The summed E-state index contributed by atoms with van der Waals surface area (Å²) in [5.41, 5.74) is 9.06. The number of benzene rings is 2. The van der Waals surface area contributed by atoms with E-state index in [-0.39, 0.29) is 12.2 Å². The number of carbonyl (C=O) groups excluding carboxylic acids is 1. The molecule has 2 aromatic carbocycles. The van der Waals surface area contributed by atoms with Crippen molar-refractivity contribution in [2.45, 2.75) is 154 Å². The first-order valence-electron chi connectivity index (χ1n) is 16.6. The SMILES string of the molecule is CCCc1ccc(C2CCC(OC(=O)OC3CCC(c4ccc(CCC)cc4CCC)CC3)CC2)c(CCC)c1. The summed E-state index contributed by atoms with van der Waals surface area (Å²) in [7, 11) is 0. The Bertz CT molecular complexity index is 974. The van der Waals surface area contributed by atoms with Gasteiger partial charge in [0.2, 0.25) is 0 Å². The third-order valence-electron chi connectivity index (χ3n) is 9.28. The normalized spacial score (nSPS) is 23.1. The van der Waals surface area contributed by atoms with E-state index in [4.69, 9.17) is 9.47 Å². The van der Waals surface area contributed by atoms with Gasteiger partial charge in [0, 0.05) is 0 Å². The molecule has 0 unspecified atom stereocenters. The van der Waals surface area contributed by atoms with Crippen molar-refractivity contribution in [1.29, 1.82) is 0 Å². The fraction of sp³-hybridized carbons (Fsp3) is 0.649. The number of carbonyl (C=O) groups is 1. The largest absolute Gasteiger partial charge is 0.508 e. The van der Waals surface area contributed by atoms with Gasteiger partial charge in [-0.15, -0.1) is 0 Å². The van der Waals surface area contributed by atoms with Gasteiger partial charge >= 0.3 is 6.16 Å². The molecular weight excluding hydrogens is 492 g/mol. The van der Waals surface area contributed by atoms with Crippen molar-refractivity contribution in [2.24, 2.45) is 0 Å². The van der Waals surface area contributed by atoms with Crippen LogP contribution in [0.3, 0.4) is 0 Å². The standard InChI is InChI=1S/C37H54O3/c1-5-9-27-13-23-35(31(25-27)11-7-3)29-15-19-33(20-16-29)39-37(38)40-34-21-17-30(18-22-34)36-24-14-28(10-6-2)26-32(36)12-8-4/h13-14,23-26,29-30,33-34H,5-12,15-22H2,1-4H3. The molecule has 40 heavy (non-hydrogen) atoms. The fourth-order valence-electron chi connectivity index (χ4n) is 7.26. The molecule has 0 amide bonds. The van der Waals surface area contributed by atoms with E-state index in [0.29, 0.717) is 11.8 Å². The molecule has 0 aromatic heterocycles. The molecule has 0 saturated heterocycles. The van der Waals surface area contributed by atoms with Crippen molar-refractivity contribution in [2.75, 3.05) is 0 Å². The van der Waals surface area contributed by atoms with Gasteiger partial charge in [0.05, 0.1) is 0 Å². The molecule has 0 spiro atoms. The van der Waals surface area contributed by atoms with Crippen LogP contribution in [0.4, 0.5) is 4.79 Å². The molecule has 0 radical (unpaired) electrons. The third-order valence-corrected chi connectivity index (χ3v) is 9.28. The Hall–Kier alpha value is -2.29. The van der Waals surface area contributed by atoms with Gasteiger partial charge in [0.1, 0.15) is 12.2 Å². The summed E-state index contributed by atoms with van der Waals surface area (Å²) in [5.74, 6) is 1.16. The van der Waals surface area contributed by atoms with Crippen molar-refractivity contribution in [3.05, 3.63) is 69.8 Å². The first kappa shape index (κ1) is 30.7. The first-order valence-corrected chi connectivity index (χ1v) is 16.6. The summed E-state index contributed by atoms with van der Waals surface area (Å²) in [4.78, 5) is 12.7. The molecule has 220 valence electrons. The number of hydrogen-bond acceptors (Lipinski definition) is 3. The molecule has 0 heterocycles. The molecule has 0 bridgehead atoms. The molecular formula is C37H54O3. The Morgan fingerprint density at radius 3 is 1.30 bits per heavy atom. The molecule has 0 N–H and O–H groups in total. The highest BCUT2D eigenvalue weighted by Crippen LogP contribution is 2.38. The highest BCUT2D eigenvalue weighted by molar-refractivity contribution is 5.60. The van der Waals surface area contributed by atoms with Crippen LogP contribution >= 0.6 is 0 Å². The third kappa shape index (κ3) is 8.37. The van der Waals surface area contributed by atoms with Gasteiger partial charge in [0.15, 0.2) is 0 Å². The van der Waals surface area contributed by atoms with Crippen molar-refractivity contribution in [1.82, 2.24) is 0 Å². The summed E-state index contributed by atoms with van der Waals surface area (Å²) in [6.07, 6.45) is 17.0. The zero-order chi connectivity index (χ0) is 28.3. The number of ether oxygens (including phenoxy) is 2. The zero-order valence-corrected chi connectivity index (χ0v) is 25.8. The predicted octanol–water partition coefficient (Wildman–Crippen LogP) is 10.4. The smallest absolute Gasteiger partial charge is 0.431 e. The molecule has 0 aliphatic heterocycles. The molecule has 4 rings (SSSR count). The van der Waals surface area contributed by atoms with E-state index in [1.165, 1.54) is 59.1 Å². The van der Waals surface area contributed by atoms with Crippen molar-refractivity contribution < 1.29 is 14.3 Å². The Kier molecular flexibility index (Phi) is 12.0. The quantitative estimate of drug-likeness (QED) is 0.248. The molecule has 2 aromatic rings. The van der Waals surface area contributed by atoms with Crippen LogP contribution in [0.15, 0.2) is 36.4 Å². The van der Waals surface area contributed by atoms with Crippen LogP contribution in [0.2, 0.25) is 0 Å². The van der Waals surface area contributed by atoms with Crippen LogP contribution < -0.4 is 0 Å². The average molecular weight is 547 g/mol. The van der Waals surface area contributed by atoms with E-state index in [1.54, 1.807) is 0 Å². The lowest BCUT2D eigenvalue weighted by Crippen LogP contribution is -2.29. The molecule has 2 aliphatic rings. The van der Waals surface area contributed by atoms with Crippen LogP contribution in [0.25, 0.3) is 0 Å². The van der Waals surface area contributed by atoms with Crippen LogP contribution in [0.5, 0.6) is 0 Å². The van der Waals surface area contributed by atoms with Gasteiger partial charge < -0.3 is 9.47 Å². The van der Waals surface area contributed by atoms with E-state index in [1.807, 2.05) is 0 Å². The van der Waals surface area contributed by atoms with Gasteiger partial charge in [0.25, 0.3) is 0 Å². The Labute approximate surface area is 244 Å². The van der Waals surface area contributed by atoms with E-state index in [2.05, 4.69) is 64.1 Å². The van der Waals surface area contributed by atoms with Crippen LogP contribution in [-0.2, 0) is 35.2 Å². The summed E-state index contributed by atoms with van der Waals surface area (Å²) in [6, 6.07) is 14.3. The Balaban J connectivity index is 1.23. The fourth-order valence-corrected chi connectivity index (χ4v) is 7.26. The van der Waals surface area contributed by atoms with E-state index in [0.717, 1.165) is 77.0 Å². The topological polar surface area (TPSA) is 35.5 Å². The molecule has 3 nitrogen and oxygen atoms in total. The van der Waals surface area contributed by atoms with Gasteiger partial charge in [-0.1, -0.05) is 89.8 Å². The first-order chi connectivity index (χ1) is 19.5. The predicted molar refractivity (Wildman–Crippen MR) is 166 cm³/mol. The van der Waals surface area contributed by atoms with Gasteiger partial charge in [-0.25, -0.2) is 4.79 Å². The zero-order valence-electron chi connectivity index (χ0n) is 25.8. The van der Waals surface area contributed by atoms with Crippen molar-refractivity contribution in [3.63, 3.8) is 0 Å². The van der Waals surface area contributed by atoms with E-state index in [9.17, 15) is 4.79 Å². The molecule has 2 fully saturated rings. The van der Waals surface area contributed by atoms with Crippen molar-refractivity contribution in [3.8, 4) is 0 Å². The summed E-state index contributed by atoms with van der Waals surface area (Å²) < 4.78 is 11.7. The maximum atomic E-state index is 12.7. The maximum Gasteiger partial charge on any atom is 0.508 e. The Morgan fingerprint density at radius 1 is 0.575 bits per heavy atom. The highest BCUT2D eigenvalue weighted by Gasteiger charge is 2.30. The van der Waals surface area contributed by atoms with Crippen LogP contribution in [-0.4, -0.2) is 18.4 Å². The minimum Gasteiger partial charge on any atom is -0.431 e. The highest BCUT2D eigenvalue weighted by atomic mass is 16.7. The molecule has 2 aliphatic carbocycles. The second kappa shape index (κ2) is 15.6. The summed E-state index contributed by atoms with van der Waals surface area (Å²) in [6.45, 7) is 9.04. The molecule has 3 heteroatoms. The second-order valence-corrected chi connectivity index (χ2v) is 12.5. The van der Waals surface area contributed by atoms with Gasteiger partial charge in [-0.2, -0.15) is 0 Å². The lowest BCUT2D eigenvalue weighted by Gasteiger charge is -2.32. The Morgan fingerprint density at radius 2 is 0.950 bits per heavy atom. The lowest BCUT2D eigenvalue weighted by atomic mass is 9.79. The van der Waals surface area contributed by atoms with Gasteiger partial charge in [-0.3, -0.25) is 0 Å². The minimum atomic E-state index is -0.446. The monoisotopic (exact) mass is 546 g/mol. The van der Waals surface area contributed by atoms with E-state index >= 15 is 0 Å². The summed E-state index contributed by atoms with van der Waals surface area (Å²) in [5, 5.41) is 0. The van der Waals surface area contributed by atoms with Crippen LogP contribution in [0, 0.1) is 0 Å².